The lowest BCUT2D eigenvalue weighted by atomic mass is 10.4. The van der Waals surface area contributed by atoms with Gasteiger partial charge in [0.05, 0.1) is 5.02 Å². The highest BCUT2D eigenvalue weighted by Gasteiger charge is 2.14. The van der Waals surface area contributed by atoms with E-state index in [4.69, 9.17) is 11.6 Å². The maximum Gasteiger partial charge on any atom is 0.325 e. The molecule has 1 rings (SSSR count). The summed E-state index contributed by atoms with van der Waals surface area (Å²) in [6.07, 6.45) is 0. The lowest BCUT2D eigenvalue weighted by Gasteiger charge is -1.95. The normalized spacial score (nSPS) is 11.5. The molecule has 0 unspecified atom stereocenters. The summed E-state index contributed by atoms with van der Waals surface area (Å²) >= 11 is 5.43. The second-order valence-electron chi connectivity index (χ2n) is 1.88. The van der Waals surface area contributed by atoms with Crippen LogP contribution in [0.2, 0.25) is 5.02 Å². The number of benzene rings is 1. The SMILES string of the molecule is [O]S(=O)(=O)c1ccccc1Cl. The quantitative estimate of drug-likeness (QED) is 0.675. The van der Waals surface area contributed by atoms with Crippen molar-refractivity contribution < 1.29 is 13.0 Å². The molecule has 0 saturated carbocycles. The molecule has 1 aromatic carbocycles. The lowest BCUT2D eigenvalue weighted by Crippen LogP contribution is -1.95. The van der Waals surface area contributed by atoms with Gasteiger partial charge in [0.1, 0.15) is 4.90 Å². The molecule has 0 aliphatic rings. The number of hydrogen-bond acceptors (Lipinski definition) is 2. The van der Waals surface area contributed by atoms with Crippen LogP contribution in [0.15, 0.2) is 29.2 Å². The van der Waals surface area contributed by atoms with E-state index in [0.29, 0.717) is 0 Å². The molecule has 0 bridgehead atoms. The number of halogens is 1. The number of hydrogen-bond donors (Lipinski definition) is 0. The Morgan fingerprint density at radius 1 is 1.18 bits per heavy atom. The Morgan fingerprint density at radius 3 is 2.09 bits per heavy atom. The van der Waals surface area contributed by atoms with Crippen LogP contribution in [0.5, 0.6) is 0 Å². The van der Waals surface area contributed by atoms with E-state index in [9.17, 15) is 13.0 Å². The summed E-state index contributed by atoms with van der Waals surface area (Å²) < 4.78 is 31.2. The molecule has 1 radical (unpaired) electrons. The van der Waals surface area contributed by atoms with Gasteiger partial charge in [-0.15, -0.1) is 0 Å². The molecule has 0 atom stereocenters. The third kappa shape index (κ3) is 1.92. The zero-order chi connectivity index (χ0) is 8.48. The highest BCUT2D eigenvalue weighted by molar-refractivity contribution is 7.85. The Labute approximate surface area is 69.4 Å². The van der Waals surface area contributed by atoms with E-state index >= 15 is 0 Å². The Bertz CT molecular complexity index is 358. The monoisotopic (exact) mass is 191 g/mol. The van der Waals surface area contributed by atoms with Crippen LogP contribution in [0.25, 0.3) is 0 Å². The molecule has 0 spiro atoms. The van der Waals surface area contributed by atoms with Crippen molar-refractivity contribution in [1.82, 2.24) is 0 Å². The first kappa shape index (κ1) is 8.52. The van der Waals surface area contributed by atoms with E-state index in [0.717, 1.165) is 0 Å². The average molecular weight is 192 g/mol. The Hall–Kier alpha value is -0.580. The van der Waals surface area contributed by atoms with Crippen molar-refractivity contribution in [3.63, 3.8) is 0 Å². The van der Waals surface area contributed by atoms with Gasteiger partial charge in [-0.1, -0.05) is 28.3 Å². The van der Waals surface area contributed by atoms with Crippen LogP contribution in [0.1, 0.15) is 0 Å². The smallest absolute Gasteiger partial charge is 0.191 e. The van der Waals surface area contributed by atoms with Gasteiger partial charge < -0.3 is 0 Å². The van der Waals surface area contributed by atoms with E-state index in [1.165, 1.54) is 18.2 Å². The lowest BCUT2D eigenvalue weighted by molar-refractivity contribution is 0.414. The van der Waals surface area contributed by atoms with Gasteiger partial charge in [-0.25, -0.2) is 0 Å². The van der Waals surface area contributed by atoms with Gasteiger partial charge in [-0.3, -0.25) is 0 Å². The minimum Gasteiger partial charge on any atom is -0.191 e. The van der Waals surface area contributed by atoms with Gasteiger partial charge in [0, 0.05) is 0 Å². The van der Waals surface area contributed by atoms with Crippen molar-refractivity contribution in [3.8, 4) is 0 Å². The van der Waals surface area contributed by atoms with Crippen LogP contribution in [-0.4, -0.2) is 8.42 Å². The number of rotatable bonds is 1. The fourth-order valence-electron chi connectivity index (χ4n) is 0.647. The summed E-state index contributed by atoms with van der Waals surface area (Å²) in [4.78, 5) is -0.373. The molecule has 0 amide bonds. The van der Waals surface area contributed by atoms with Crippen LogP contribution in [0.4, 0.5) is 0 Å². The molecule has 0 aliphatic heterocycles. The Kier molecular flexibility index (Phi) is 2.17. The molecule has 3 nitrogen and oxygen atoms in total. The fourth-order valence-corrected chi connectivity index (χ4v) is 1.62. The second-order valence-corrected chi connectivity index (χ2v) is 3.64. The van der Waals surface area contributed by atoms with Crippen molar-refractivity contribution in [2.45, 2.75) is 4.90 Å². The molecule has 0 N–H and O–H groups in total. The largest absolute Gasteiger partial charge is 0.325 e. The van der Waals surface area contributed by atoms with Crippen molar-refractivity contribution in [2.24, 2.45) is 0 Å². The topological polar surface area (TPSA) is 54.0 Å². The van der Waals surface area contributed by atoms with E-state index in [-0.39, 0.29) is 9.92 Å². The molecule has 0 saturated heterocycles. The molecule has 0 fully saturated rings. The molecule has 5 heteroatoms. The fraction of sp³-hybridized carbons (Fsp3) is 0. The first-order valence-electron chi connectivity index (χ1n) is 2.72. The zero-order valence-corrected chi connectivity index (χ0v) is 6.89. The summed E-state index contributed by atoms with van der Waals surface area (Å²) in [5, 5.41) is -0.0394. The molecular formula is C6H4ClO3S. The van der Waals surface area contributed by atoms with Crippen LogP contribution in [0.3, 0.4) is 0 Å². The summed E-state index contributed by atoms with van der Waals surface area (Å²) in [6, 6.07) is 5.52. The van der Waals surface area contributed by atoms with Gasteiger partial charge in [0.25, 0.3) is 0 Å². The summed E-state index contributed by atoms with van der Waals surface area (Å²) in [5.41, 5.74) is 0. The molecule has 0 aromatic heterocycles. The molecule has 11 heavy (non-hydrogen) atoms. The minimum absolute atomic E-state index is 0.0394. The van der Waals surface area contributed by atoms with E-state index in [2.05, 4.69) is 0 Å². The van der Waals surface area contributed by atoms with Crippen LogP contribution in [-0.2, 0) is 14.7 Å². The molecule has 0 heterocycles. The highest BCUT2D eigenvalue weighted by Crippen LogP contribution is 2.19. The van der Waals surface area contributed by atoms with Gasteiger partial charge >= 0.3 is 10.1 Å². The average Bonchev–Trinajstić information content (AvgIpc) is 1.86. The Balaban J connectivity index is 3.37. The van der Waals surface area contributed by atoms with Crippen molar-refractivity contribution in [3.05, 3.63) is 29.3 Å². The van der Waals surface area contributed by atoms with Crippen molar-refractivity contribution in [2.75, 3.05) is 0 Å². The van der Waals surface area contributed by atoms with E-state index in [1.807, 2.05) is 0 Å². The first-order valence-corrected chi connectivity index (χ1v) is 4.51. The summed E-state index contributed by atoms with van der Waals surface area (Å²) in [5.74, 6) is 0. The third-order valence-corrected chi connectivity index (χ3v) is 2.44. The minimum atomic E-state index is -4.42. The van der Waals surface area contributed by atoms with E-state index in [1.54, 1.807) is 6.07 Å². The highest BCUT2D eigenvalue weighted by atomic mass is 35.5. The van der Waals surface area contributed by atoms with Gasteiger partial charge in [-0.05, 0) is 12.1 Å². The molecular weight excluding hydrogens is 188 g/mol. The summed E-state index contributed by atoms with van der Waals surface area (Å²) in [7, 11) is -4.42. The third-order valence-electron chi connectivity index (χ3n) is 1.11. The second kappa shape index (κ2) is 2.81. The van der Waals surface area contributed by atoms with Crippen LogP contribution < -0.4 is 0 Å². The van der Waals surface area contributed by atoms with Crippen LogP contribution >= 0.6 is 11.6 Å². The standard InChI is InChI=1S/C6H4ClO3S/c7-5-3-1-2-4-6(5)11(8,9)10/h1-4H. The Morgan fingerprint density at radius 2 is 1.73 bits per heavy atom. The van der Waals surface area contributed by atoms with Crippen molar-refractivity contribution >= 4 is 21.7 Å². The van der Waals surface area contributed by atoms with Crippen LogP contribution in [0, 0.1) is 0 Å². The first-order chi connectivity index (χ1) is 5.02. The maximum absolute atomic E-state index is 10.4. The molecule has 1 aromatic rings. The van der Waals surface area contributed by atoms with Crippen molar-refractivity contribution in [1.29, 1.82) is 0 Å². The van der Waals surface area contributed by atoms with Gasteiger partial charge in [0.15, 0.2) is 0 Å². The van der Waals surface area contributed by atoms with Gasteiger partial charge in [0.2, 0.25) is 0 Å². The maximum atomic E-state index is 10.4. The predicted molar refractivity (Wildman–Crippen MR) is 39.3 cm³/mol. The van der Waals surface area contributed by atoms with Gasteiger partial charge in [-0.2, -0.15) is 8.42 Å². The summed E-state index contributed by atoms with van der Waals surface area (Å²) in [6.45, 7) is 0. The zero-order valence-electron chi connectivity index (χ0n) is 5.32. The van der Waals surface area contributed by atoms with E-state index < -0.39 is 10.1 Å². The predicted octanol–water partition coefficient (Wildman–Crippen LogP) is 1.46. The molecule has 59 valence electrons. The molecule has 0 aliphatic carbocycles.